The molecule has 4 heterocycles. The summed E-state index contributed by atoms with van der Waals surface area (Å²) in [5, 5.41) is 11.9. The van der Waals surface area contributed by atoms with Gasteiger partial charge >= 0.3 is 11.5 Å². The van der Waals surface area contributed by atoms with E-state index < -0.39 is 35.6 Å². The van der Waals surface area contributed by atoms with E-state index in [0.29, 0.717) is 64.4 Å². The van der Waals surface area contributed by atoms with Crippen molar-refractivity contribution in [1.82, 2.24) is 29.7 Å². The first-order valence-corrected chi connectivity index (χ1v) is 24.3. The fourth-order valence-corrected chi connectivity index (χ4v) is 8.55. The van der Waals surface area contributed by atoms with Crippen LogP contribution in [-0.2, 0) is 24.0 Å². The Morgan fingerprint density at radius 3 is 1.10 bits per heavy atom. The molecule has 68 heavy (non-hydrogen) atoms. The van der Waals surface area contributed by atoms with Gasteiger partial charge in [-0.05, 0) is 82.4 Å². The van der Waals surface area contributed by atoms with Crippen LogP contribution in [0.15, 0.2) is 97.1 Å². The normalized spacial score (nSPS) is 18.8. The number of hydrogen-bond acceptors (Lipinski definition) is 10. The minimum absolute atomic E-state index is 0.0368. The number of rotatable bonds is 7. The van der Waals surface area contributed by atoms with Gasteiger partial charge in [-0.25, -0.2) is 4.79 Å². The van der Waals surface area contributed by atoms with Gasteiger partial charge < -0.3 is 14.6 Å². The van der Waals surface area contributed by atoms with Crippen molar-refractivity contribution in [3.05, 3.63) is 139 Å². The molecule has 4 fully saturated rings. The quantitative estimate of drug-likeness (QED) is 0.0623. The van der Waals surface area contributed by atoms with E-state index in [2.05, 4.69) is 9.80 Å². The van der Waals surface area contributed by atoms with Gasteiger partial charge in [-0.3, -0.25) is 39.0 Å². The Morgan fingerprint density at radius 2 is 0.853 bits per heavy atom. The third kappa shape index (κ3) is 14.9. The predicted molar refractivity (Wildman–Crippen MR) is 263 cm³/mol. The first-order valence-electron chi connectivity index (χ1n) is 21.4. The maximum Gasteiger partial charge on any atom is 0.434 e. The second kappa shape index (κ2) is 26.1. The van der Waals surface area contributed by atoms with E-state index >= 15 is 0 Å². The second-order valence-electron chi connectivity index (χ2n) is 16.0. The third-order valence-electron chi connectivity index (χ3n) is 11.5. The number of imide groups is 2. The minimum Gasteiger partial charge on any atom is -0.327 e. The van der Waals surface area contributed by atoms with Crippen LogP contribution >= 0.6 is 81.2 Å². The highest BCUT2D eigenvalue weighted by atomic mass is 35.5. The number of piperazine rings is 2. The van der Waals surface area contributed by atoms with Crippen molar-refractivity contribution in [2.75, 3.05) is 57.7 Å². The molecular formula is C47H49Cl7N6O8. The maximum absolute atomic E-state index is 12.6. The van der Waals surface area contributed by atoms with Crippen LogP contribution in [0.25, 0.3) is 0 Å². The van der Waals surface area contributed by atoms with E-state index in [4.69, 9.17) is 91.3 Å². The van der Waals surface area contributed by atoms with E-state index in [-0.39, 0.29) is 46.6 Å². The summed E-state index contributed by atoms with van der Waals surface area (Å²) in [5.41, 5.74) is 4.48. The van der Waals surface area contributed by atoms with Crippen LogP contribution in [-0.4, -0.2) is 128 Å². The average molecular weight is 1070 g/mol. The number of hydroxylamine groups is 4. The number of amides is 6. The molecule has 6 amide bonds. The molecule has 2 atom stereocenters. The van der Waals surface area contributed by atoms with Gasteiger partial charge in [-0.1, -0.05) is 109 Å². The van der Waals surface area contributed by atoms with Crippen LogP contribution < -0.4 is 0 Å². The molecule has 4 aliphatic heterocycles. The monoisotopic (exact) mass is 1070 g/mol. The lowest BCUT2D eigenvalue weighted by Gasteiger charge is -2.39. The minimum atomic E-state index is -0.685. The molecule has 2 unspecified atom stereocenters. The summed E-state index contributed by atoms with van der Waals surface area (Å²) in [7, 11) is 0. The summed E-state index contributed by atoms with van der Waals surface area (Å²) in [6.45, 7) is 8.00. The van der Waals surface area contributed by atoms with Crippen LogP contribution in [0.2, 0.25) is 20.1 Å². The Balaban J connectivity index is 0.000000210. The molecule has 1 N–H and O–H groups in total. The van der Waals surface area contributed by atoms with Crippen LogP contribution in [0.5, 0.6) is 0 Å². The van der Waals surface area contributed by atoms with Crippen molar-refractivity contribution in [2.45, 2.75) is 38.8 Å². The van der Waals surface area contributed by atoms with Crippen LogP contribution in [0, 0.1) is 11.8 Å². The van der Waals surface area contributed by atoms with E-state index in [9.17, 15) is 28.8 Å². The maximum atomic E-state index is 12.6. The fraction of sp³-hybridized carbons (Fsp3) is 0.362. The molecule has 4 aliphatic rings. The smallest absolute Gasteiger partial charge is 0.327 e. The molecule has 0 saturated carbocycles. The number of alkyl halides is 2. The average Bonchev–Trinajstić information content (AvgIpc) is 3.70. The predicted octanol–water partition coefficient (Wildman–Crippen LogP) is 10.4. The zero-order valence-electron chi connectivity index (χ0n) is 37.0. The Morgan fingerprint density at radius 1 is 0.544 bits per heavy atom. The largest absolute Gasteiger partial charge is 0.434 e. The molecule has 0 aliphatic carbocycles. The van der Waals surface area contributed by atoms with E-state index in [0.717, 1.165) is 35.3 Å². The molecule has 0 spiro atoms. The SMILES string of the molecule is CC1CC(=O)N(O)C1=O.CC1CC(=O)N(OC(=O)N2CCN(C(c3ccc(Cl)cc3)c3ccc(Cl)cc3)CC2)C1=O.ClCCl.O=C(Cl)N1CCN(C(c2ccc(Cl)cc2)c2ccc(Cl)cc2)CC1. The van der Waals surface area contributed by atoms with Gasteiger partial charge in [0.05, 0.1) is 17.4 Å². The van der Waals surface area contributed by atoms with Gasteiger partial charge in [-0.2, -0.15) is 5.06 Å². The third-order valence-corrected chi connectivity index (χ3v) is 12.7. The van der Waals surface area contributed by atoms with Crippen LogP contribution in [0.1, 0.15) is 61.0 Å². The van der Waals surface area contributed by atoms with E-state index in [1.54, 1.807) is 18.7 Å². The second-order valence-corrected chi connectivity index (χ2v) is 18.9. The molecule has 4 aromatic rings. The number of nitrogens with zero attached hydrogens (tertiary/aromatic N) is 6. The number of hydrogen-bond donors (Lipinski definition) is 1. The molecule has 364 valence electrons. The standard InChI is InChI=1S/C23H23Cl2N3O4.C18H17Cl3N2O.C5H7NO3.CH2Cl2/c1-15-14-20(29)28(22(15)30)32-23(31)27-12-10-26(11-13-27)21(16-2-6-18(24)7-3-16)17-4-8-19(25)9-5-17;19-15-5-1-13(2-6-15)17(14-3-7-16(20)8-4-14)22-9-11-23(12-10-22)18(21)24;1-3-2-4(7)6(9)5(3)8;2-1-3/h2-9,15,21H,10-14H2,1H3;1-8,17H,9-12H2;3,9H,2H2,1H3;1H2. The van der Waals surface area contributed by atoms with Gasteiger partial charge in [0.1, 0.15) is 0 Å². The lowest BCUT2D eigenvalue weighted by atomic mass is 9.96. The molecule has 4 saturated heterocycles. The van der Waals surface area contributed by atoms with Gasteiger partial charge in [-0.15, -0.1) is 28.3 Å². The lowest BCUT2D eigenvalue weighted by Crippen LogP contribution is -2.51. The Hall–Kier alpha value is -4.19. The highest BCUT2D eigenvalue weighted by Gasteiger charge is 2.40. The van der Waals surface area contributed by atoms with Crippen molar-refractivity contribution in [3.63, 3.8) is 0 Å². The van der Waals surface area contributed by atoms with Gasteiger partial charge in [0.25, 0.3) is 23.6 Å². The zero-order valence-corrected chi connectivity index (χ0v) is 42.3. The Bertz CT molecular complexity index is 2260. The first-order chi connectivity index (χ1) is 32.4. The zero-order chi connectivity index (χ0) is 49.7. The fourth-order valence-electron chi connectivity index (χ4n) is 7.88. The van der Waals surface area contributed by atoms with Gasteiger partial charge in [0, 0.05) is 97.1 Å². The molecule has 4 aromatic carbocycles. The molecule has 0 aromatic heterocycles. The van der Waals surface area contributed by atoms with Crippen LogP contribution in [0.3, 0.4) is 0 Å². The summed E-state index contributed by atoms with van der Waals surface area (Å²) in [5.74, 6) is -2.78. The van der Waals surface area contributed by atoms with Crippen molar-refractivity contribution in [1.29, 1.82) is 0 Å². The van der Waals surface area contributed by atoms with Gasteiger partial charge in [0.2, 0.25) is 0 Å². The molecule has 0 radical (unpaired) electrons. The number of carbonyl (C=O) groups excluding carboxylic acids is 6. The Kier molecular flexibility index (Phi) is 21.0. The highest BCUT2D eigenvalue weighted by molar-refractivity contribution is 6.62. The highest BCUT2D eigenvalue weighted by Crippen LogP contribution is 2.33. The van der Waals surface area contributed by atoms with Gasteiger partial charge in [0.15, 0.2) is 0 Å². The first kappa shape index (κ1) is 54.7. The summed E-state index contributed by atoms with van der Waals surface area (Å²) in [4.78, 5) is 81.7. The lowest BCUT2D eigenvalue weighted by molar-refractivity contribution is -0.175. The summed E-state index contributed by atoms with van der Waals surface area (Å²) in [6.07, 6.45) is -0.492. The van der Waals surface area contributed by atoms with Crippen molar-refractivity contribution in [3.8, 4) is 0 Å². The number of benzene rings is 4. The van der Waals surface area contributed by atoms with Crippen molar-refractivity contribution in [2.24, 2.45) is 11.8 Å². The molecule has 8 rings (SSSR count). The summed E-state index contributed by atoms with van der Waals surface area (Å²) in [6, 6.07) is 31.2. The number of halogens is 7. The number of carbonyl (C=O) groups is 6. The molecular weight excluding hydrogens is 1020 g/mol. The molecule has 21 heteroatoms. The molecule has 14 nitrogen and oxygen atoms in total. The summed E-state index contributed by atoms with van der Waals surface area (Å²) < 4.78 is 0. The topological polar surface area (TPSA) is 151 Å². The van der Waals surface area contributed by atoms with Crippen LogP contribution in [0.4, 0.5) is 9.59 Å². The molecule has 0 bridgehead atoms. The van der Waals surface area contributed by atoms with E-state index in [1.165, 1.54) is 4.90 Å². The van der Waals surface area contributed by atoms with Crippen molar-refractivity contribution < 1.29 is 38.8 Å². The Labute approximate surface area is 429 Å². The van der Waals surface area contributed by atoms with Crippen molar-refractivity contribution >= 4 is 116 Å². The van der Waals surface area contributed by atoms with E-state index in [1.807, 2.05) is 97.1 Å². The summed E-state index contributed by atoms with van der Waals surface area (Å²) >= 11 is 39.3.